The van der Waals surface area contributed by atoms with Gasteiger partial charge in [0.1, 0.15) is 0 Å². The zero-order valence-corrected chi connectivity index (χ0v) is 12.3. The van der Waals surface area contributed by atoms with E-state index in [0.29, 0.717) is 19.4 Å². The second-order valence-corrected chi connectivity index (χ2v) is 7.69. The van der Waals surface area contributed by atoms with Gasteiger partial charge in [0.2, 0.25) is 10.0 Å². The highest BCUT2D eigenvalue weighted by molar-refractivity contribution is 7.89. The molecule has 0 aromatic carbocycles. The molecule has 5 heteroatoms. The van der Waals surface area contributed by atoms with Crippen molar-refractivity contribution in [2.75, 3.05) is 18.9 Å². The third kappa shape index (κ3) is 9.56. The monoisotopic (exact) mass is 265 g/mol. The molecule has 0 saturated heterocycles. The van der Waals surface area contributed by atoms with Gasteiger partial charge in [-0.15, -0.1) is 0 Å². The van der Waals surface area contributed by atoms with E-state index in [9.17, 15) is 8.42 Å². The smallest absolute Gasteiger partial charge is 0.211 e. The van der Waals surface area contributed by atoms with E-state index in [4.69, 9.17) is 5.11 Å². The zero-order valence-electron chi connectivity index (χ0n) is 11.5. The molecule has 0 fully saturated rings. The maximum Gasteiger partial charge on any atom is 0.211 e. The SMILES string of the molecule is CCC(CCO)CNS(=O)(=O)CCC(C)(C)C. The maximum absolute atomic E-state index is 11.7. The van der Waals surface area contributed by atoms with Crippen LogP contribution in [0.25, 0.3) is 0 Å². The molecule has 0 amide bonds. The summed E-state index contributed by atoms with van der Waals surface area (Å²) in [7, 11) is -3.17. The van der Waals surface area contributed by atoms with Crippen molar-refractivity contribution in [2.24, 2.45) is 11.3 Å². The van der Waals surface area contributed by atoms with E-state index in [-0.39, 0.29) is 23.7 Å². The molecule has 0 rings (SSSR count). The Bertz CT molecular complexity index is 293. The molecule has 0 bridgehead atoms. The molecule has 0 radical (unpaired) electrons. The largest absolute Gasteiger partial charge is 0.396 e. The molecule has 0 saturated carbocycles. The molecular weight excluding hydrogens is 238 g/mol. The summed E-state index contributed by atoms with van der Waals surface area (Å²) < 4.78 is 26.1. The second-order valence-electron chi connectivity index (χ2n) is 5.76. The Morgan fingerprint density at radius 2 is 1.88 bits per heavy atom. The lowest BCUT2D eigenvalue weighted by atomic mass is 9.94. The molecule has 0 aliphatic rings. The van der Waals surface area contributed by atoms with Crippen molar-refractivity contribution in [3.05, 3.63) is 0 Å². The topological polar surface area (TPSA) is 66.4 Å². The number of rotatable bonds is 8. The fourth-order valence-electron chi connectivity index (χ4n) is 1.39. The van der Waals surface area contributed by atoms with Crippen molar-refractivity contribution < 1.29 is 13.5 Å². The Hall–Kier alpha value is -0.130. The lowest BCUT2D eigenvalue weighted by molar-refractivity contribution is 0.254. The molecule has 1 atom stereocenters. The van der Waals surface area contributed by atoms with Gasteiger partial charge in [-0.2, -0.15) is 0 Å². The average Bonchev–Trinajstić information content (AvgIpc) is 2.21. The summed E-state index contributed by atoms with van der Waals surface area (Å²) in [5.74, 6) is 0.399. The fourth-order valence-corrected chi connectivity index (χ4v) is 2.91. The van der Waals surface area contributed by atoms with Crippen LogP contribution in [0, 0.1) is 11.3 Å². The lowest BCUT2D eigenvalue weighted by Gasteiger charge is -2.19. The van der Waals surface area contributed by atoms with Crippen LogP contribution in [-0.2, 0) is 10.0 Å². The first-order chi connectivity index (χ1) is 7.70. The van der Waals surface area contributed by atoms with Gasteiger partial charge in [-0.25, -0.2) is 13.1 Å². The summed E-state index contributed by atoms with van der Waals surface area (Å²) in [6, 6.07) is 0. The highest BCUT2D eigenvalue weighted by Gasteiger charge is 2.18. The van der Waals surface area contributed by atoms with Gasteiger partial charge in [-0.3, -0.25) is 0 Å². The van der Waals surface area contributed by atoms with Gasteiger partial charge in [0.15, 0.2) is 0 Å². The average molecular weight is 265 g/mol. The molecule has 0 aliphatic carbocycles. The third-order valence-corrected chi connectivity index (χ3v) is 4.18. The second kappa shape index (κ2) is 7.34. The number of sulfonamides is 1. The van der Waals surface area contributed by atoms with Crippen LogP contribution in [0.2, 0.25) is 0 Å². The van der Waals surface area contributed by atoms with E-state index in [1.807, 2.05) is 27.7 Å². The van der Waals surface area contributed by atoms with E-state index < -0.39 is 10.0 Å². The number of hydrogen-bond acceptors (Lipinski definition) is 3. The standard InChI is InChI=1S/C12H27NO3S/c1-5-11(6-8-14)10-13-17(15,16)9-7-12(2,3)4/h11,13-14H,5-10H2,1-4H3. The first kappa shape index (κ1) is 16.9. The zero-order chi connectivity index (χ0) is 13.5. The van der Waals surface area contributed by atoms with Crippen molar-refractivity contribution in [3.63, 3.8) is 0 Å². The fraction of sp³-hybridized carbons (Fsp3) is 1.00. The van der Waals surface area contributed by atoms with Crippen molar-refractivity contribution in [2.45, 2.75) is 47.0 Å². The predicted molar refractivity (Wildman–Crippen MR) is 71.3 cm³/mol. The molecule has 0 aromatic heterocycles. The molecule has 104 valence electrons. The number of aliphatic hydroxyl groups excluding tert-OH is 1. The van der Waals surface area contributed by atoms with Gasteiger partial charge in [0.05, 0.1) is 5.75 Å². The highest BCUT2D eigenvalue weighted by atomic mass is 32.2. The van der Waals surface area contributed by atoms with Crippen LogP contribution in [0.1, 0.15) is 47.0 Å². The van der Waals surface area contributed by atoms with Crippen LogP contribution in [0.15, 0.2) is 0 Å². The first-order valence-corrected chi connectivity index (χ1v) is 7.93. The highest BCUT2D eigenvalue weighted by Crippen LogP contribution is 2.19. The Morgan fingerprint density at radius 1 is 1.29 bits per heavy atom. The van der Waals surface area contributed by atoms with Crippen molar-refractivity contribution in [3.8, 4) is 0 Å². The van der Waals surface area contributed by atoms with Gasteiger partial charge >= 0.3 is 0 Å². The summed E-state index contributed by atoms with van der Waals surface area (Å²) in [5.41, 5.74) is 0.0318. The quantitative estimate of drug-likeness (QED) is 0.702. The minimum atomic E-state index is -3.17. The van der Waals surface area contributed by atoms with Gasteiger partial charge in [-0.1, -0.05) is 34.1 Å². The predicted octanol–water partition coefficient (Wildman–Crippen LogP) is 1.75. The number of nitrogens with one attached hydrogen (secondary N) is 1. The Labute approximate surface area is 106 Å². The molecule has 0 aromatic rings. The Morgan fingerprint density at radius 3 is 2.29 bits per heavy atom. The third-order valence-electron chi connectivity index (χ3n) is 2.83. The van der Waals surface area contributed by atoms with E-state index >= 15 is 0 Å². The molecule has 17 heavy (non-hydrogen) atoms. The first-order valence-electron chi connectivity index (χ1n) is 6.28. The van der Waals surface area contributed by atoms with E-state index in [0.717, 1.165) is 6.42 Å². The van der Waals surface area contributed by atoms with Crippen molar-refractivity contribution >= 4 is 10.0 Å². The Balaban J connectivity index is 4.09. The summed E-state index contributed by atoms with van der Waals surface area (Å²) in [6.45, 7) is 8.64. The lowest BCUT2D eigenvalue weighted by Crippen LogP contribution is -2.32. The van der Waals surface area contributed by atoms with Crippen molar-refractivity contribution in [1.29, 1.82) is 0 Å². The molecule has 0 spiro atoms. The number of hydrogen-bond donors (Lipinski definition) is 2. The summed E-state index contributed by atoms with van der Waals surface area (Å²) in [5, 5.41) is 8.83. The molecule has 0 heterocycles. The minimum absolute atomic E-state index is 0.0318. The van der Waals surface area contributed by atoms with Gasteiger partial charge in [0, 0.05) is 13.2 Å². The number of aliphatic hydroxyl groups is 1. The van der Waals surface area contributed by atoms with Crippen LogP contribution in [-0.4, -0.2) is 32.4 Å². The minimum Gasteiger partial charge on any atom is -0.396 e. The summed E-state index contributed by atoms with van der Waals surface area (Å²) in [4.78, 5) is 0. The normalized spacial score (nSPS) is 14.9. The van der Waals surface area contributed by atoms with Crippen molar-refractivity contribution in [1.82, 2.24) is 4.72 Å². The van der Waals surface area contributed by atoms with Crippen LogP contribution in [0.4, 0.5) is 0 Å². The van der Waals surface area contributed by atoms with Gasteiger partial charge in [-0.05, 0) is 24.2 Å². The van der Waals surface area contributed by atoms with E-state index in [2.05, 4.69) is 4.72 Å². The molecule has 0 aliphatic heterocycles. The summed E-state index contributed by atoms with van der Waals surface area (Å²) in [6.07, 6.45) is 2.18. The van der Waals surface area contributed by atoms with Crippen LogP contribution >= 0.6 is 0 Å². The van der Waals surface area contributed by atoms with Gasteiger partial charge < -0.3 is 5.11 Å². The maximum atomic E-state index is 11.7. The summed E-state index contributed by atoms with van der Waals surface area (Å²) >= 11 is 0. The molecular formula is C12H27NO3S. The molecule has 2 N–H and O–H groups in total. The van der Waals surface area contributed by atoms with E-state index in [1.54, 1.807) is 0 Å². The molecule has 1 unspecified atom stereocenters. The van der Waals surface area contributed by atoms with E-state index in [1.165, 1.54) is 0 Å². The molecule has 4 nitrogen and oxygen atoms in total. The van der Waals surface area contributed by atoms with Crippen LogP contribution in [0.5, 0.6) is 0 Å². The van der Waals surface area contributed by atoms with Crippen LogP contribution < -0.4 is 4.72 Å². The van der Waals surface area contributed by atoms with Crippen LogP contribution in [0.3, 0.4) is 0 Å². The Kier molecular flexibility index (Phi) is 7.28. The van der Waals surface area contributed by atoms with Gasteiger partial charge in [0.25, 0.3) is 0 Å².